The third-order valence-corrected chi connectivity index (χ3v) is 8.81. The lowest BCUT2D eigenvalue weighted by molar-refractivity contribution is 0.610. The van der Waals surface area contributed by atoms with E-state index in [1.165, 1.54) is 31.4 Å². The zero-order valence-corrected chi connectivity index (χ0v) is 21.7. The van der Waals surface area contributed by atoms with Crippen molar-refractivity contribution in [2.24, 2.45) is 11.8 Å². The molecule has 0 radical (unpaired) electrons. The average Bonchev–Trinajstić information content (AvgIpc) is 3.73. The van der Waals surface area contributed by atoms with Crippen LogP contribution in [0.3, 0.4) is 0 Å². The first-order valence-electron chi connectivity index (χ1n) is 13.2. The summed E-state index contributed by atoms with van der Waals surface area (Å²) in [5, 5.41) is 27.3. The summed E-state index contributed by atoms with van der Waals surface area (Å²) in [5.41, 5.74) is 3.42. The Kier molecular flexibility index (Phi) is 5.38. The predicted molar refractivity (Wildman–Crippen MR) is 147 cm³/mol. The number of nitriles is 1. The molecular weight excluding hydrogens is 500 g/mol. The SMILES string of the molecule is BC(Nc1cc(Cl)c2ncc(C#N)c(NC3[C@H]4CCC[C@@H]34)c2c1)(c1ccc(F)cc1)c1cn(C2CC2)nn1. The highest BCUT2D eigenvalue weighted by atomic mass is 35.5. The lowest BCUT2D eigenvalue weighted by atomic mass is 9.69. The lowest BCUT2D eigenvalue weighted by Crippen LogP contribution is -2.37. The molecule has 2 heterocycles. The minimum absolute atomic E-state index is 0.304. The van der Waals surface area contributed by atoms with Gasteiger partial charge in [0.25, 0.3) is 0 Å². The smallest absolute Gasteiger partial charge is 0.148 e. The minimum Gasteiger partial charge on any atom is -0.380 e. The Hall–Kier alpha value is -3.64. The Labute approximate surface area is 225 Å². The van der Waals surface area contributed by atoms with Crippen molar-refractivity contribution in [2.75, 3.05) is 10.6 Å². The first-order chi connectivity index (χ1) is 18.4. The van der Waals surface area contributed by atoms with Crippen LogP contribution in [0.4, 0.5) is 15.8 Å². The molecule has 190 valence electrons. The van der Waals surface area contributed by atoms with Crippen molar-refractivity contribution in [1.29, 1.82) is 5.26 Å². The van der Waals surface area contributed by atoms with E-state index in [1.807, 2.05) is 30.9 Å². The molecule has 3 fully saturated rings. The molecule has 10 heteroatoms. The van der Waals surface area contributed by atoms with Gasteiger partial charge in [-0.15, -0.1) is 5.10 Å². The molecule has 0 bridgehead atoms. The Morgan fingerprint density at radius 1 is 1.13 bits per heavy atom. The number of nitrogens with one attached hydrogen (secondary N) is 2. The van der Waals surface area contributed by atoms with Crippen LogP contribution in [-0.2, 0) is 5.44 Å². The van der Waals surface area contributed by atoms with Gasteiger partial charge in [0, 0.05) is 23.3 Å². The zero-order chi connectivity index (χ0) is 26.0. The summed E-state index contributed by atoms with van der Waals surface area (Å²) in [6.07, 6.45) is 9.50. The normalized spacial score (nSPS) is 23.4. The van der Waals surface area contributed by atoms with Crippen molar-refractivity contribution in [1.82, 2.24) is 20.0 Å². The Balaban J connectivity index is 1.32. The third-order valence-electron chi connectivity index (χ3n) is 8.52. The summed E-state index contributed by atoms with van der Waals surface area (Å²) >= 11 is 6.78. The van der Waals surface area contributed by atoms with Gasteiger partial charge in [-0.2, -0.15) is 5.26 Å². The van der Waals surface area contributed by atoms with Gasteiger partial charge in [0.2, 0.25) is 0 Å². The fourth-order valence-electron chi connectivity index (χ4n) is 6.15. The van der Waals surface area contributed by atoms with Crippen molar-refractivity contribution >= 4 is 41.7 Å². The number of halogens is 2. The van der Waals surface area contributed by atoms with E-state index in [0.717, 1.165) is 40.9 Å². The van der Waals surface area contributed by atoms with E-state index >= 15 is 0 Å². The molecule has 0 amide bonds. The topological polar surface area (TPSA) is 91.5 Å². The number of anilines is 2. The van der Waals surface area contributed by atoms with Crippen LogP contribution in [0.25, 0.3) is 10.9 Å². The summed E-state index contributed by atoms with van der Waals surface area (Å²) in [4.78, 5) is 4.52. The third kappa shape index (κ3) is 3.90. The molecule has 2 aromatic heterocycles. The van der Waals surface area contributed by atoms with E-state index in [9.17, 15) is 9.65 Å². The monoisotopic (exact) mass is 525 g/mol. The lowest BCUT2D eigenvalue weighted by Gasteiger charge is -2.31. The Morgan fingerprint density at radius 3 is 2.61 bits per heavy atom. The summed E-state index contributed by atoms with van der Waals surface area (Å²) in [7, 11) is 2.01. The van der Waals surface area contributed by atoms with E-state index in [1.54, 1.807) is 18.3 Å². The summed E-state index contributed by atoms with van der Waals surface area (Å²) in [5.74, 6) is 1.05. The van der Waals surface area contributed by atoms with Crippen LogP contribution in [0.15, 0.2) is 48.8 Å². The molecule has 4 aromatic rings. The number of pyridine rings is 1. The average molecular weight is 526 g/mol. The number of fused-ring (bicyclic) bond motifs is 2. The predicted octanol–water partition coefficient (Wildman–Crippen LogP) is 4.98. The van der Waals surface area contributed by atoms with Gasteiger partial charge < -0.3 is 10.6 Å². The highest BCUT2D eigenvalue weighted by Gasteiger charge is 2.52. The highest BCUT2D eigenvalue weighted by Crippen LogP contribution is 2.54. The van der Waals surface area contributed by atoms with E-state index in [-0.39, 0.29) is 5.82 Å². The van der Waals surface area contributed by atoms with Crippen molar-refractivity contribution in [3.8, 4) is 6.07 Å². The highest BCUT2D eigenvalue weighted by molar-refractivity contribution is 6.36. The molecule has 2 unspecified atom stereocenters. The summed E-state index contributed by atoms with van der Waals surface area (Å²) in [6.45, 7) is 0. The van der Waals surface area contributed by atoms with E-state index in [0.29, 0.717) is 40.0 Å². The zero-order valence-electron chi connectivity index (χ0n) is 21.0. The van der Waals surface area contributed by atoms with Crippen molar-refractivity contribution in [3.05, 3.63) is 76.5 Å². The fraction of sp³-hybridized carbons (Fsp3) is 0.357. The quantitative estimate of drug-likeness (QED) is 0.331. The molecule has 2 aromatic carbocycles. The van der Waals surface area contributed by atoms with Gasteiger partial charge in [0.05, 0.1) is 39.5 Å². The second-order valence-corrected chi connectivity index (χ2v) is 11.4. The number of aromatic nitrogens is 4. The fourth-order valence-corrected chi connectivity index (χ4v) is 6.42. The van der Waals surface area contributed by atoms with E-state index < -0.39 is 5.44 Å². The maximum atomic E-state index is 13.8. The van der Waals surface area contributed by atoms with Crippen LogP contribution in [0.5, 0.6) is 0 Å². The van der Waals surface area contributed by atoms with Crippen LogP contribution in [-0.4, -0.2) is 33.9 Å². The molecule has 0 spiro atoms. The number of benzene rings is 2. The van der Waals surface area contributed by atoms with Crippen LogP contribution in [0.1, 0.15) is 55.0 Å². The molecule has 4 atom stereocenters. The number of rotatable bonds is 7. The molecule has 3 aliphatic carbocycles. The molecule has 3 saturated carbocycles. The van der Waals surface area contributed by atoms with Crippen LogP contribution < -0.4 is 10.6 Å². The molecule has 2 N–H and O–H groups in total. The molecule has 0 saturated heterocycles. The number of hydrogen-bond donors (Lipinski definition) is 2. The minimum atomic E-state index is -0.820. The Bertz CT molecular complexity index is 1590. The first-order valence-corrected chi connectivity index (χ1v) is 13.6. The van der Waals surface area contributed by atoms with E-state index in [2.05, 4.69) is 32.0 Å². The van der Waals surface area contributed by atoms with Gasteiger partial charge in [-0.25, -0.2) is 9.07 Å². The first kappa shape index (κ1) is 23.5. The molecule has 3 aliphatic rings. The summed E-state index contributed by atoms with van der Waals surface area (Å²) < 4.78 is 15.8. The molecule has 7 nitrogen and oxygen atoms in total. The van der Waals surface area contributed by atoms with Crippen LogP contribution >= 0.6 is 11.6 Å². The standard InChI is InChI=1S/C28H26BClFN7/c29-28(16-4-6-17(31)7-5-16,24-14-38(37-36-24)19-8-9-19)35-18-10-22-25(34-26-20-2-1-3-21(20)26)15(12-32)13-33-27(22)23(30)11-18/h4-7,10-11,13-14,19-21,26,35H,1-3,8-9,29H2,(H,33,34)/t20-,21+,26?,28?. The second kappa shape index (κ2) is 8.70. The van der Waals surface area contributed by atoms with Crippen LogP contribution in [0, 0.1) is 29.0 Å². The van der Waals surface area contributed by atoms with Gasteiger partial charge in [-0.1, -0.05) is 35.4 Å². The van der Waals surface area contributed by atoms with Crippen molar-refractivity contribution < 1.29 is 4.39 Å². The van der Waals surface area contributed by atoms with Gasteiger partial charge in [0.15, 0.2) is 0 Å². The summed E-state index contributed by atoms with van der Waals surface area (Å²) in [6, 6.07) is 13.3. The van der Waals surface area contributed by atoms with Crippen LogP contribution in [0.2, 0.25) is 5.02 Å². The van der Waals surface area contributed by atoms with Crippen molar-refractivity contribution in [2.45, 2.75) is 49.6 Å². The van der Waals surface area contributed by atoms with Gasteiger partial charge in [-0.05, 0) is 67.3 Å². The molecular formula is C28H26BClFN7. The second-order valence-electron chi connectivity index (χ2n) is 11.0. The van der Waals surface area contributed by atoms with Gasteiger partial charge in [0.1, 0.15) is 25.4 Å². The largest absolute Gasteiger partial charge is 0.380 e. The maximum absolute atomic E-state index is 13.8. The van der Waals surface area contributed by atoms with Gasteiger partial charge >= 0.3 is 0 Å². The van der Waals surface area contributed by atoms with Gasteiger partial charge in [-0.3, -0.25) is 4.98 Å². The van der Waals surface area contributed by atoms with Crippen molar-refractivity contribution in [3.63, 3.8) is 0 Å². The molecule has 38 heavy (non-hydrogen) atoms. The number of hydrogen-bond acceptors (Lipinski definition) is 6. The number of nitrogens with zero attached hydrogens (tertiary/aromatic N) is 5. The maximum Gasteiger partial charge on any atom is 0.148 e. The molecule has 0 aliphatic heterocycles. The Morgan fingerprint density at radius 2 is 1.89 bits per heavy atom. The molecule has 7 rings (SSSR count). The van der Waals surface area contributed by atoms with E-state index in [4.69, 9.17) is 11.6 Å².